The predicted molar refractivity (Wildman–Crippen MR) is 43.5 cm³/mol. The first kappa shape index (κ1) is 9.52. The number of aliphatic hydroxyl groups is 1. The topological polar surface area (TPSA) is 20.2 Å². The van der Waals surface area contributed by atoms with Gasteiger partial charge in [-0.05, 0) is 12.3 Å². The van der Waals surface area contributed by atoms with Gasteiger partial charge in [-0.15, -0.1) is 6.42 Å². The zero-order valence-corrected chi connectivity index (χ0v) is 6.80. The maximum atomic E-state index is 9.12. The van der Waals surface area contributed by atoms with Crippen LogP contribution in [0.5, 0.6) is 0 Å². The summed E-state index contributed by atoms with van der Waals surface area (Å²) < 4.78 is 0. The molecule has 0 saturated carbocycles. The van der Waals surface area contributed by atoms with Crippen molar-refractivity contribution in [2.45, 2.75) is 39.2 Å². The summed E-state index contributed by atoms with van der Waals surface area (Å²) in [6.45, 7) is 4.12. The second-order valence-corrected chi connectivity index (χ2v) is 2.73. The highest BCUT2D eigenvalue weighted by Gasteiger charge is 2.09. The van der Waals surface area contributed by atoms with Crippen LogP contribution in [-0.4, -0.2) is 11.2 Å². The van der Waals surface area contributed by atoms with Crippen LogP contribution in [0, 0.1) is 18.3 Å². The number of unbranched alkanes of at least 4 members (excludes halogenated alkanes) is 1. The SMILES string of the molecule is C#C[C@H](O)[C@@H](C)CCCC. The molecule has 0 aliphatic rings. The fourth-order valence-corrected chi connectivity index (χ4v) is 0.848. The molecule has 0 radical (unpaired) electrons. The molecule has 0 amide bonds. The van der Waals surface area contributed by atoms with Crippen molar-refractivity contribution in [3.8, 4) is 12.3 Å². The van der Waals surface area contributed by atoms with Crippen molar-refractivity contribution >= 4 is 0 Å². The van der Waals surface area contributed by atoms with E-state index in [1.54, 1.807) is 0 Å². The second kappa shape index (κ2) is 5.32. The van der Waals surface area contributed by atoms with E-state index in [-0.39, 0.29) is 5.92 Å². The van der Waals surface area contributed by atoms with E-state index in [9.17, 15) is 0 Å². The molecule has 0 unspecified atom stereocenters. The van der Waals surface area contributed by atoms with E-state index < -0.39 is 6.10 Å². The molecule has 0 heterocycles. The molecule has 10 heavy (non-hydrogen) atoms. The second-order valence-electron chi connectivity index (χ2n) is 2.73. The molecule has 58 valence electrons. The van der Waals surface area contributed by atoms with Crippen LogP contribution in [0.4, 0.5) is 0 Å². The van der Waals surface area contributed by atoms with Crippen molar-refractivity contribution in [1.29, 1.82) is 0 Å². The molecule has 2 atom stereocenters. The van der Waals surface area contributed by atoms with Crippen molar-refractivity contribution in [3.63, 3.8) is 0 Å². The summed E-state index contributed by atoms with van der Waals surface area (Å²) in [4.78, 5) is 0. The fourth-order valence-electron chi connectivity index (χ4n) is 0.848. The van der Waals surface area contributed by atoms with Crippen molar-refractivity contribution in [3.05, 3.63) is 0 Å². The van der Waals surface area contributed by atoms with Gasteiger partial charge in [-0.25, -0.2) is 0 Å². The molecule has 0 aromatic rings. The van der Waals surface area contributed by atoms with Gasteiger partial charge in [0.05, 0.1) is 0 Å². The minimum absolute atomic E-state index is 0.255. The van der Waals surface area contributed by atoms with E-state index in [4.69, 9.17) is 11.5 Å². The van der Waals surface area contributed by atoms with Gasteiger partial charge in [0.2, 0.25) is 0 Å². The molecule has 0 saturated heterocycles. The molecule has 1 N–H and O–H groups in total. The summed E-state index contributed by atoms with van der Waals surface area (Å²) in [5, 5.41) is 9.12. The number of hydrogen-bond donors (Lipinski definition) is 1. The molecule has 1 nitrogen and oxygen atoms in total. The third-order valence-electron chi connectivity index (χ3n) is 1.72. The Balaban J connectivity index is 3.43. The smallest absolute Gasteiger partial charge is 0.117 e. The number of terminal acetylenes is 1. The summed E-state index contributed by atoms with van der Waals surface area (Å²) in [6.07, 6.45) is 7.85. The van der Waals surface area contributed by atoms with Crippen LogP contribution in [0.1, 0.15) is 33.1 Å². The summed E-state index contributed by atoms with van der Waals surface area (Å²) in [6, 6.07) is 0. The molecular formula is C9H16O. The van der Waals surface area contributed by atoms with E-state index in [1.165, 1.54) is 6.42 Å². The fraction of sp³-hybridized carbons (Fsp3) is 0.778. The van der Waals surface area contributed by atoms with E-state index in [0.29, 0.717) is 0 Å². The van der Waals surface area contributed by atoms with Crippen LogP contribution >= 0.6 is 0 Å². The Hall–Kier alpha value is -0.480. The van der Waals surface area contributed by atoms with Crippen LogP contribution in [0.25, 0.3) is 0 Å². The van der Waals surface area contributed by atoms with Gasteiger partial charge in [0.25, 0.3) is 0 Å². The molecule has 0 aromatic heterocycles. The van der Waals surface area contributed by atoms with Gasteiger partial charge in [0.1, 0.15) is 6.10 Å². The zero-order valence-electron chi connectivity index (χ0n) is 6.80. The average Bonchev–Trinajstić information content (AvgIpc) is 1.98. The van der Waals surface area contributed by atoms with Crippen LogP contribution in [0.2, 0.25) is 0 Å². The molecule has 1 heteroatoms. The molecule has 0 rings (SSSR count). The van der Waals surface area contributed by atoms with Crippen LogP contribution in [-0.2, 0) is 0 Å². The molecule has 0 spiro atoms. The van der Waals surface area contributed by atoms with Gasteiger partial charge >= 0.3 is 0 Å². The Morgan fingerprint density at radius 1 is 1.60 bits per heavy atom. The first-order valence-electron chi connectivity index (χ1n) is 3.86. The normalized spacial score (nSPS) is 15.8. The van der Waals surface area contributed by atoms with Gasteiger partial charge in [-0.2, -0.15) is 0 Å². The molecule has 0 aliphatic carbocycles. The first-order chi connectivity index (χ1) is 4.72. The number of rotatable bonds is 4. The highest BCUT2D eigenvalue weighted by Crippen LogP contribution is 2.10. The summed E-state index contributed by atoms with van der Waals surface area (Å²) in [5.74, 6) is 2.58. The monoisotopic (exact) mass is 140 g/mol. The molecular weight excluding hydrogens is 124 g/mol. The van der Waals surface area contributed by atoms with E-state index in [2.05, 4.69) is 12.8 Å². The lowest BCUT2D eigenvalue weighted by Crippen LogP contribution is -2.14. The van der Waals surface area contributed by atoms with Crippen molar-refractivity contribution in [2.75, 3.05) is 0 Å². The zero-order chi connectivity index (χ0) is 7.98. The van der Waals surface area contributed by atoms with Gasteiger partial charge in [0, 0.05) is 0 Å². The lowest BCUT2D eigenvalue weighted by atomic mass is 9.99. The Morgan fingerprint density at radius 2 is 2.20 bits per heavy atom. The lowest BCUT2D eigenvalue weighted by Gasteiger charge is -2.11. The maximum absolute atomic E-state index is 9.12. The van der Waals surface area contributed by atoms with E-state index in [1.807, 2.05) is 6.92 Å². The standard InChI is InChI=1S/C9H16O/c1-4-6-7-8(3)9(10)5-2/h2,8-10H,4,6-7H2,1,3H3/t8-,9-/m0/s1. The minimum atomic E-state index is -0.549. The molecule has 0 aromatic carbocycles. The van der Waals surface area contributed by atoms with Crippen LogP contribution < -0.4 is 0 Å². The lowest BCUT2D eigenvalue weighted by molar-refractivity contribution is 0.164. The van der Waals surface area contributed by atoms with E-state index in [0.717, 1.165) is 12.8 Å². The third-order valence-corrected chi connectivity index (χ3v) is 1.72. The van der Waals surface area contributed by atoms with Crippen molar-refractivity contribution in [1.82, 2.24) is 0 Å². The van der Waals surface area contributed by atoms with Crippen LogP contribution in [0.15, 0.2) is 0 Å². The van der Waals surface area contributed by atoms with Crippen molar-refractivity contribution < 1.29 is 5.11 Å². The summed E-state index contributed by atoms with van der Waals surface area (Å²) in [5.41, 5.74) is 0. The predicted octanol–water partition coefficient (Wildman–Crippen LogP) is 1.81. The largest absolute Gasteiger partial charge is 0.380 e. The van der Waals surface area contributed by atoms with Gasteiger partial charge in [0.15, 0.2) is 0 Å². The van der Waals surface area contributed by atoms with Gasteiger partial charge in [-0.1, -0.05) is 32.6 Å². The Bertz CT molecular complexity index is 112. The average molecular weight is 140 g/mol. The third kappa shape index (κ3) is 3.53. The highest BCUT2D eigenvalue weighted by molar-refractivity contribution is 4.95. The molecule has 0 fully saturated rings. The Kier molecular flexibility index (Phi) is 5.06. The number of hydrogen-bond acceptors (Lipinski definition) is 1. The Labute approximate surface area is 63.5 Å². The van der Waals surface area contributed by atoms with E-state index >= 15 is 0 Å². The summed E-state index contributed by atoms with van der Waals surface area (Å²) in [7, 11) is 0. The highest BCUT2D eigenvalue weighted by atomic mass is 16.3. The quantitative estimate of drug-likeness (QED) is 0.590. The van der Waals surface area contributed by atoms with Crippen LogP contribution in [0.3, 0.4) is 0 Å². The molecule has 0 bridgehead atoms. The maximum Gasteiger partial charge on any atom is 0.117 e. The molecule has 0 aliphatic heterocycles. The van der Waals surface area contributed by atoms with Crippen molar-refractivity contribution in [2.24, 2.45) is 5.92 Å². The first-order valence-corrected chi connectivity index (χ1v) is 3.86. The minimum Gasteiger partial charge on any atom is -0.380 e. The van der Waals surface area contributed by atoms with Gasteiger partial charge in [-0.3, -0.25) is 0 Å². The Morgan fingerprint density at radius 3 is 2.60 bits per heavy atom. The number of aliphatic hydroxyl groups excluding tert-OH is 1. The van der Waals surface area contributed by atoms with Gasteiger partial charge < -0.3 is 5.11 Å². The summed E-state index contributed by atoms with van der Waals surface area (Å²) >= 11 is 0.